The third-order valence-electron chi connectivity index (χ3n) is 22.6. The summed E-state index contributed by atoms with van der Waals surface area (Å²) in [5.74, 6) is -2.78. The number of carbonyl (C=O) groups excluding carboxylic acids is 6. The van der Waals surface area contributed by atoms with Gasteiger partial charge in [-0.15, -0.1) is 0 Å². The number of esters is 6. The van der Waals surface area contributed by atoms with Crippen LogP contribution >= 0.6 is 0 Å². The molecule has 6 fully saturated rings. The molecule has 5 unspecified atom stereocenters. The van der Waals surface area contributed by atoms with E-state index in [4.69, 9.17) is 28.4 Å². The Morgan fingerprint density at radius 2 is 0.425 bits per heavy atom. The Balaban J connectivity index is 1.54. The van der Waals surface area contributed by atoms with Crippen molar-refractivity contribution < 1.29 is 57.2 Å². The van der Waals surface area contributed by atoms with E-state index in [1.54, 1.807) is 0 Å². The fraction of sp³-hybridized carbons (Fsp3) is 0.912. The smallest absolute Gasteiger partial charge is 0.312 e. The summed E-state index contributed by atoms with van der Waals surface area (Å²) in [5, 5.41) is 0. The first-order chi connectivity index (χ1) is 37.5. The van der Waals surface area contributed by atoms with Crippen LogP contribution in [0.5, 0.6) is 0 Å². The summed E-state index contributed by atoms with van der Waals surface area (Å²) < 4.78 is 40.7. The first-order valence-electron chi connectivity index (χ1n) is 32.9. The van der Waals surface area contributed by atoms with E-state index in [0.29, 0.717) is 70.6 Å². The second-order valence-corrected chi connectivity index (χ2v) is 29.7. The zero-order valence-electron chi connectivity index (χ0n) is 53.4. The van der Waals surface area contributed by atoms with Crippen LogP contribution in [-0.4, -0.2) is 69.4 Å². The van der Waals surface area contributed by atoms with Crippen molar-refractivity contribution in [3.05, 3.63) is 0 Å². The maximum atomic E-state index is 16.2. The Morgan fingerprint density at radius 3 is 0.613 bits per heavy atom. The maximum absolute atomic E-state index is 16.2. The Labute approximate surface area is 485 Å². The lowest BCUT2D eigenvalue weighted by molar-refractivity contribution is -0.192. The fourth-order valence-corrected chi connectivity index (χ4v) is 16.9. The molecule has 80 heavy (non-hydrogen) atoms. The highest BCUT2D eigenvalue weighted by atomic mass is 16.6. The molecule has 6 saturated carbocycles. The monoisotopic (exact) mass is 1120 g/mol. The molecule has 5 atom stereocenters. The van der Waals surface area contributed by atoms with Crippen molar-refractivity contribution >= 4 is 35.8 Å². The van der Waals surface area contributed by atoms with Crippen LogP contribution in [0.25, 0.3) is 0 Å². The fourth-order valence-electron chi connectivity index (χ4n) is 16.9. The molecule has 0 aromatic rings. The average molecular weight is 1120 g/mol. The van der Waals surface area contributed by atoms with Gasteiger partial charge in [-0.2, -0.15) is 0 Å². The summed E-state index contributed by atoms with van der Waals surface area (Å²) in [7, 11) is 0. The van der Waals surface area contributed by atoms with Gasteiger partial charge in [-0.3, -0.25) is 28.8 Å². The minimum absolute atomic E-state index is 0.00148. The largest absolute Gasteiger partial charge is 0.459 e. The lowest BCUT2D eigenvalue weighted by atomic mass is 9.58. The van der Waals surface area contributed by atoms with Gasteiger partial charge in [0.2, 0.25) is 0 Å². The van der Waals surface area contributed by atoms with Crippen molar-refractivity contribution in [3.63, 3.8) is 0 Å². The van der Waals surface area contributed by atoms with Gasteiger partial charge in [-0.1, -0.05) is 48.5 Å². The van der Waals surface area contributed by atoms with Crippen LogP contribution < -0.4 is 0 Å². The topological polar surface area (TPSA) is 158 Å². The Kier molecular flexibility index (Phi) is 21.1. The molecule has 12 heteroatoms. The highest BCUT2D eigenvalue weighted by Crippen LogP contribution is 2.57. The predicted octanol–water partition coefficient (Wildman–Crippen LogP) is 17.0. The molecule has 0 spiro atoms. The van der Waals surface area contributed by atoms with Crippen molar-refractivity contribution in [1.29, 1.82) is 0 Å². The van der Waals surface area contributed by atoms with Crippen LogP contribution in [-0.2, 0) is 57.2 Å². The zero-order valence-corrected chi connectivity index (χ0v) is 53.4. The summed E-state index contributed by atoms with van der Waals surface area (Å²) in [6, 6.07) is 0. The van der Waals surface area contributed by atoms with Crippen molar-refractivity contribution in [1.82, 2.24) is 0 Å². The molecule has 0 bridgehead atoms. The van der Waals surface area contributed by atoms with Crippen LogP contribution in [0, 0.1) is 32.5 Å². The van der Waals surface area contributed by atoms with Gasteiger partial charge in [0, 0.05) is 0 Å². The summed E-state index contributed by atoms with van der Waals surface area (Å²) in [5.41, 5.74) is -12.6. The molecule has 0 aromatic carbocycles. The molecule has 6 rings (SSSR count). The van der Waals surface area contributed by atoms with Crippen LogP contribution in [0.2, 0.25) is 0 Å². The SMILES string of the molecule is CCC1(OC(=O)C(C)(C)CC(C)(CC(C)(CC(C)(CC(C)(CC(C)(CC)C(=O)OC2(CC)CCCC2)C(=O)OC2(CC)CCCC2)C(=O)OC2(CC)CCCC2)C(=O)OC2(CC)CCCC2)C(=O)OC2(CC)CCCC2)CCCC1. The molecule has 458 valence electrons. The molecule has 12 nitrogen and oxygen atoms in total. The van der Waals surface area contributed by atoms with Crippen LogP contribution in [0.15, 0.2) is 0 Å². The van der Waals surface area contributed by atoms with Crippen LogP contribution in [0.4, 0.5) is 0 Å². The molecule has 0 amide bonds. The van der Waals surface area contributed by atoms with Crippen molar-refractivity contribution in [2.24, 2.45) is 32.5 Å². The van der Waals surface area contributed by atoms with E-state index in [-0.39, 0.29) is 38.1 Å². The van der Waals surface area contributed by atoms with E-state index >= 15 is 24.0 Å². The molecule has 0 heterocycles. The van der Waals surface area contributed by atoms with E-state index in [1.807, 2.05) is 62.3 Å². The van der Waals surface area contributed by atoms with E-state index in [2.05, 4.69) is 34.6 Å². The number of ether oxygens (including phenoxy) is 6. The molecule has 6 aliphatic rings. The summed E-state index contributed by atoms with van der Waals surface area (Å²) in [6.07, 6.45) is 23.7. The van der Waals surface area contributed by atoms with Crippen LogP contribution in [0.1, 0.15) is 328 Å². The standard InChI is InChI=1S/C68H114O12/c1-15-58(10,52(70)76-64(17-3)36-24-25-37-64)47-60(12,54(72)78-66(19-5)40-28-29-41-66)49-62(14,56(74)80-68(21-7)44-32-33-45-68)50-61(13,55(73)79-67(20-6)42-30-31-43-67)48-59(11,53(71)77-65(18-4)38-26-27-39-65)46-57(8,9)51(69)75-63(16-2)34-22-23-35-63/h15-50H2,1-14H3. The molecular weight excluding hydrogens is 1010 g/mol. The zero-order chi connectivity index (χ0) is 59.2. The molecule has 0 radical (unpaired) electrons. The summed E-state index contributed by atoms with van der Waals surface area (Å²) >= 11 is 0. The summed E-state index contributed by atoms with van der Waals surface area (Å²) in [6.45, 7) is 27.2. The number of hydrogen-bond donors (Lipinski definition) is 0. The molecule has 0 N–H and O–H groups in total. The van der Waals surface area contributed by atoms with Gasteiger partial charge >= 0.3 is 35.8 Å². The lowest BCUT2D eigenvalue weighted by Crippen LogP contribution is -2.53. The number of rotatable bonds is 29. The van der Waals surface area contributed by atoms with Gasteiger partial charge in [-0.25, -0.2) is 0 Å². The Hall–Kier alpha value is -3.18. The first-order valence-corrected chi connectivity index (χ1v) is 32.9. The third kappa shape index (κ3) is 14.5. The molecule has 0 aromatic heterocycles. The van der Waals surface area contributed by atoms with E-state index in [1.165, 1.54) is 0 Å². The number of hydrogen-bond acceptors (Lipinski definition) is 12. The first kappa shape index (κ1) is 66.0. The van der Waals surface area contributed by atoms with E-state index in [9.17, 15) is 4.79 Å². The van der Waals surface area contributed by atoms with Gasteiger partial charge in [0.15, 0.2) is 0 Å². The average Bonchev–Trinajstić information content (AvgIpc) is 4.33. The molecule has 0 saturated heterocycles. The van der Waals surface area contributed by atoms with E-state index in [0.717, 1.165) is 128 Å². The Morgan fingerprint density at radius 1 is 0.263 bits per heavy atom. The lowest BCUT2D eigenvalue weighted by Gasteiger charge is -2.48. The van der Waals surface area contributed by atoms with Gasteiger partial charge in [0.05, 0.1) is 32.5 Å². The normalized spacial score (nSPS) is 25.4. The highest BCUT2D eigenvalue weighted by Gasteiger charge is 2.61. The minimum atomic E-state index is -1.61. The van der Waals surface area contributed by atoms with Crippen LogP contribution in [0.3, 0.4) is 0 Å². The van der Waals surface area contributed by atoms with Gasteiger partial charge in [0.1, 0.15) is 33.6 Å². The molecule has 6 aliphatic carbocycles. The Bertz CT molecular complexity index is 2140. The second-order valence-electron chi connectivity index (χ2n) is 29.7. The van der Waals surface area contributed by atoms with Gasteiger partial charge in [-0.05, 0) is 280 Å². The molecule has 0 aliphatic heterocycles. The van der Waals surface area contributed by atoms with Gasteiger partial charge in [0.25, 0.3) is 0 Å². The number of carbonyl (C=O) groups is 6. The quantitative estimate of drug-likeness (QED) is 0.0516. The predicted molar refractivity (Wildman–Crippen MR) is 313 cm³/mol. The van der Waals surface area contributed by atoms with Crippen molar-refractivity contribution in [2.75, 3.05) is 0 Å². The third-order valence-corrected chi connectivity index (χ3v) is 22.6. The molecular formula is C68H114O12. The van der Waals surface area contributed by atoms with Gasteiger partial charge < -0.3 is 28.4 Å². The van der Waals surface area contributed by atoms with E-state index < -0.39 is 95.9 Å². The summed E-state index contributed by atoms with van der Waals surface area (Å²) in [4.78, 5) is 93.8. The highest BCUT2D eigenvalue weighted by molar-refractivity contribution is 5.86. The van der Waals surface area contributed by atoms with Crippen molar-refractivity contribution in [3.8, 4) is 0 Å². The van der Waals surface area contributed by atoms with Crippen molar-refractivity contribution in [2.45, 2.75) is 362 Å². The second kappa shape index (κ2) is 25.6. The minimum Gasteiger partial charge on any atom is -0.459 e. The maximum Gasteiger partial charge on any atom is 0.312 e.